The molecule has 0 aliphatic rings. The standard InChI is InChI=1S/C10H19N3O3S/c1-3-5-9(4-2)13-17(15,16)10-8(7-14)6-11-12-10/h6,9,13-14H,3-5,7H2,1-2H3,(H,11,12). The Morgan fingerprint density at radius 3 is 2.76 bits per heavy atom. The Balaban J connectivity index is 2.88. The molecule has 0 fully saturated rings. The minimum Gasteiger partial charge on any atom is -0.392 e. The van der Waals surface area contributed by atoms with Gasteiger partial charge in [-0.15, -0.1) is 0 Å². The molecule has 1 aromatic rings. The van der Waals surface area contributed by atoms with Crippen molar-refractivity contribution < 1.29 is 13.5 Å². The van der Waals surface area contributed by atoms with Crippen molar-refractivity contribution in [2.24, 2.45) is 0 Å². The van der Waals surface area contributed by atoms with E-state index in [0.29, 0.717) is 0 Å². The normalized spacial score (nSPS) is 13.8. The van der Waals surface area contributed by atoms with Crippen molar-refractivity contribution in [2.75, 3.05) is 0 Å². The smallest absolute Gasteiger partial charge is 0.258 e. The predicted octanol–water partition coefficient (Wildman–Crippen LogP) is 0.759. The van der Waals surface area contributed by atoms with E-state index in [-0.39, 0.29) is 23.2 Å². The number of nitrogens with one attached hydrogen (secondary N) is 2. The van der Waals surface area contributed by atoms with Crippen LogP contribution in [0.5, 0.6) is 0 Å². The summed E-state index contributed by atoms with van der Waals surface area (Å²) in [4.78, 5) is 0. The van der Waals surface area contributed by atoms with Gasteiger partial charge in [0.2, 0.25) is 0 Å². The van der Waals surface area contributed by atoms with Crippen LogP contribution in [-0.2, 0) is 16.6 Å². The predicted molar refractivity (Wildman–Crippen MR) is 63.8 cm³/mol. The minimum absolute atomic E-state index is 0.0467. The molecule has 0 bridgehead atoms. The Morgan fingerprint density at radius 1 is 1.53 bits per heavy atom. The van der Waals surface area contributed by atoms with Gasteiger partial charge in [-0.2, -0.15) is 5.10 Å². The summed E-state index contributed by atoms with van der Waals surface area (Å²) in [6.07, 6.45) is 3.75. The maximum absolute atomic E-state index is 12.0. The van der Waals surface area contributed by atoms with E-state index in [2.05, 4.69) is 14.9 Å². The first-order valence-corrected chi connectivity index (χ1v) is 7.18. The van der Waals surface area contributed by atoms with Crippen LogP contribution in [0.4, 0.5) is 0 Å². The molecule has 0 aliphatic carbocycles. The van der Waals surface area contributed by atoms with E-state index in [1.54, 1.807) is 0 Å². The SMILES string of the molecule is CCCC(CC)NS(=O)(=O)c1[nH]ncc1CO. The molecule has 6 nitrogen and oxygen atoms in total. The number of rotatable bonds is 7. The summed E-state index contributed by atoms with van der Waals surface area (Å²) in [7, 11) is -3.62. The average molecular weight is 261 g/mol. The lowest BCUT2D eigenvalue weighted by atomic mass is 10.1. The van der Waals surface area contributed by atoms with Crippen LogP contribution < -0.4 is 4.72 Å². The molecule has 0 spiro atoms. The Labute approximate surface area is 101 Å². The van der Waals surface area contributed by atoms with Crippen molar-refractivity contribution in [3.05, 3.63) is 11.8 Å². The van der Waals surface area contributed by atoms with E-state index in [0.717, 1.165) is 19.3 Å². The highest BCUT2D eigenvalue weighted by Crippen LogP contribution is 2.13. The largest absolute Gasteiger partial charge is 0.392 e. The maximum Gasteiger partial charge on any atom is 0.258 e. The van der Waals surface area contributed by atoms with Crippen LogP contribution >= 0.6 is 0 Å². The summed E-state index contributed by atoms with van der Waals surface area (Å²) < 4.78 is 26.7. The van der Waals surface area contributed by atoms with Gasteiger partial charge in [-0.25, -0.2) is 13.1 Å². The zero-order valence-corrected chi connectivity index (χ0v) is 10.9. The van der Waals surface area contributed by atoms with Gasteiger partial charge < -0.3 is 5.11 Å². The molecular weight excluding hydrogens is 242 g/mol. The zero-order valence-electron chi connectivity index (χ0n) is 10.1. The summed E-state index contributed by atoms with van der Waals surface area (Å²) in [5.41, 5.74) is 0.281. The summed E-state index contributed by atoms with van der Waals surface area (Å²) in [6.45, 7) is 3.59. The second-order valence-corrected chi connectivity index (χ2v) is 5.55. The third-order valence-corrected chi connectivity index (χ3v) is 4.10. The quantitative estimate of drug-likeness (QED) is 0.675. The van der Waals surface area contributed by atoms with Crippen LogP contribution in [0.25, 0.3) is 0 Å². The summed E-state index contributed by atoms with van der Waals surface area (Å²) in [5.74, 6) is 0. The van der Waals surface area contributed by atoms with Crippen molar-refractivity contribution in [2.45, 2.75) is 50.8 Å². The average Bonchev–Trinajstić information content (AvgIpc) is 2.77. The van der Waals surface area contributed by atoms with E-state index in [1.807, 2.05) is 13.8 Å². The van der Waals surface area contributed by atoms with E-state index in [1.165, 1.54) is 6.20 Å². The molecular formula is C10H19N3O3S. The van der Waals surface area contributed by atoms with Gasteiger partial charge >= 0.3 is 0 Å². The Bertz CT molecular complexity index is 441. The third kappa shape index (κ3) is 3.52. The molecule has 1 aromatic heterocycles. The fourth-order valence-electron chi connectivity index (χ4n) is 1.62. The van der Waals surface area contributed by atoms with Crippen molar-refractivity contribution in [3.8, 4) is 0 Å². The lowest BCUT2D eigenvalue weighted by Crippen LogP contribution is -2.35. The van der Waals surface area contributed by atoms with Gasteiger partial charge in [0.05, 0.1) is 12.8 Å². The zero-order chi connectivity index (χ0) is 12.9. The Hall–Kier alpha value is -0.920. The van der Waals surface area contributed by atoms with E-state index in [4.69, 9.17) is 5.11 Å². The summed E-state index contributed by atoms with van der Waals surface area (Å²) in [5, 5.41) is 15.0. The molecule has 3 N–H and O–H groups in total. The van der Waals surface area contributed by atoms with E-state index >= 15 is 0 Å². The number of nitrogens with zero attached hydrogens (tertiary/aromatic N) is 1. The van der Waals surface area contributed by atoms with E-state index in [9.17, 15) is 8.42 Å². The number of H-pyrrole nitrogens is 1. The number of aliphatic hydroxyl groups excluding tert-OH is 1. The molecule has 98 valence electrons. The molecule has 0 radical (unpaired) electrons. The fraction of sp³-hybridized carbons (Fsp3) is 0.700. The summed E-state index contributed by atoms with van der Waals surface area (Å²) in [6, 6.07) is -0.0835. The molecule has 0 aliphatic heterocycles. The van der Waals surface area contributed by atoms with Crippen LogP contribution in [0.15, 0.2) is 11.2 Å². The maximum atomic E-state index is 12.0. The second-order valence-electron chi connectivity index (χ2n) is 3.90. The highest BCUT2D eigenvalue weighted by atomic mass is 32.2. The first-order valence-electron chi connectivity index (χ1n) is 5.70. The topological polar surface area (TPSA) is 95.1 Å². The second kappa shape index (κ2) is 6.13. The molecule has 1 heterocycles. The molecule has 0 saturated heterocycles. The van der Waals surface area contributed by atoms with Crippen molar-refractivity contribution in [1.82, 2.24) is 14.9 Å². The monoisotopic (exact) mass is 261 g/mol. The molecule has 1 rings (SSSR count). The molecule has 1 unspecified atom stereocenters. The molecule has 0 aromatic carbocycles. The minimum atomic E-state index is -3.62. The fourth-order valence-corrected chi connectivity index (χ4v) is 3.09. The lowest BCUT2D eigenvalue weighted by Gasteiger charge is -2.15. The van der Waals surface area contributed by atoms with Gasteiger partial charge in [-0.1, -0.05) is 20.3 Å². The third-order valence-electron chi connectivity index (χ3n) is 2.57. The van der Waals surface area contributed by atoms with Gasteiger partial charge in [0.1, 0.15) is 0 Å². The number of hydrogen-bond donors (Lipinski definition) is 3. The Kier molecular flexibility index (Phi) is 5.10. The number of sulfonamides is 1. The highest BCUT2D eigenvalue weighted by Gasteiger charge is 2.23. The number of aromatic nitrogens is 2. The molecule has 1 atom stereocenters. The van der Waals surface area contributed by atoms with Gasteiger partial charge in [0, 0.05) is 11.6 Å². The van der Waals surface area contributed by atoms with Crippen LogP contribution in [0.1, 0.15) is 38.7 Å². The van der Waals surface area contributed by atoms with Crippen molar-refractivity contribution >= 4 is 10.0 Å². The number of aliphatic hydroxyl groups is 1. The van der Waals surface area contributed by atoms with Crippen LogP contribution in [-0.4, -0.2) is 29.8 Å². The lowest BCUT2D eigenvalue weighted by molar-refractivity contribution is 0.278. The first kappa shape index (κ1) is 14.1. The van der Waals surface area contributed by atoms with Crippen LogP contribution in [0.2, 0.25) is 0 Å². The van der Waals surface area contributed by atoms with Gasteiger partial charge in [0.15, 0.2) is 5.03 Å². The summed E-state index contributed by atoms with van der Waals surface area (Å²) >= 11 is 0. The molecule has 17 heavy (non-hydrogen) atoms. The van der Waals surface area contributed by atoms with Crippen LogP contribution in [0.3, 0.4) is 0 Å². The van der Waals surface area contributed by atoms with E-state index < -0.39 is 10.0 Å². The van der Waals surface area contributed by atoms with Gasteiger partial charge in [-0.3, -0.25) is 5.10 Å². The van der Waals surface area contributed by atoms with Gasteiger partial charge in [0.25, 0.3) is 10.0 Å². The Morgan fingerprint density at radius 2 is 2.24 bits per heavy atom. The van der Waals surface area contributed by atoms with Crippen molar-refractivity contribution in [3.63, 3.8) is 0 Å². The molecule has 0 amide bonds. The van der Waals surface area contributed by atoms with Crippen molar-refractivity contribution in [1.29, 1.82) is 0 Å². The van der Waals surface area contributed by atoms with Gasteiger partial charge in [-0.05, 0) is 12.8 Å². The molecule has 7 heteroatoms. The first-order chi connectivity index (χ1) is 8.05. The van der Waals surface area contributed by atoms with Crippen LogP contribution in [0, 0.1) is 0 Å². The highest BCUT2D eigenvalue weighted by molar-refractivity contribution is 7.89. The molecule has 0 saturated carbocycles. The number of hydrogen-bond acceptors (Lipinski definition) is 4. The number of aromatic amines is 1.